The van der Waals surface area contributed by atoms with Crippen molar-refractivity contribution in [3.8, 4) is 11.4 Å². The van der Waals surface area contributed by atoms with E-state index in [4.69, 9.17) is 0 Å². The Bertz CT molecular complexity index is 1760. The highest BCUT2D eigenvalue weighted by Crippen LogP contribution is 2.69. The molecule has 0 radical (unpaired) electrons. The second-order valence-electron chi connectivity index (χ2n) is 9.80. The highest BCUT2D eigenvalue weighted by atomic mass is 32.2. The van der Waals surface area contributed by atoms with E-state index < -0.39 is 28.4 Å². The summed E-state index contributed by atoms with van der Waals surface area (Å²) in [6, 6.07) is 48.0. The lowest BCUT2D eigenvalue weighted by Gasteiger charge is -2.37. The van der Waals surface area contributed by atoms with Gasteiger partial charge in [0.05, 0.1) is 0 Å². The molecule has 42 heavy (non-hydrogen) atoms. The molecule has 5 aromatic carbocycles. The minimum absolute atomic E-state index is 0.400. The third-order valence-corrected chi connectivity index (χ3v) is 13.4. The molecule has 0 saturated carbocycles. The Hall–Kier alpha value is -4.49. The molecule has 6 rings (SSSR count). The van der Waals surface area contributed by atoms with Crippen LogP contribution in [0.25, 0.3) is 11.4 Å². The zero-order valence-electron chi connectivity index (χ0n) is 22.5. The molecule has 0 saturated heterocycles. The number of tetrazole rings is 1. The van der Waals surface area contributed by atoms with Gasteiger partial charge < -0.3 is 0 Å². The Morgan fingerprint density at radius 2 is 1.00 bits per heavy atom. The van der Waals surface area contributed by atoms with Gasteiger partial charge in [0.25, 0.3) is 10.1 Å². The van der Waals surface area contributed by atoms with Crippen LogP contribution < -0.4 is 15.9 Å². The smallest absolute Gasteiger partial charge is 0.278 e. The summed E-state index contributed by atoms with van der Waals surface area (Å²) >= 11 is 0. The highest BCUT2D eigenvalue weighted by molar-refractivity contribution is 7.97. The van der Waals surface area contributed by atoms with E-state index in [0.29, 0.717) is 11.4 Å². The van der Waals surface area contributed by atoms with Gasteiger partial charge in [0, 0.05) is 5.56 Å². The molecule has 9 heteroatoms. The van der Waals surface area contributed by atoms with E-state index in [0.717, 1.165) is 21.5 Å². The topological polar surface area (TPSA) is 98.0 Å². The normalized spacial score (nSPS) is 13.4. The van der Waals surface area contributed by atoms with Crippen LogP contribution in [-0.2, 0) is 10.1 Å². The van der Waals surface area contributed by atoms with Gasteiger partial charge in [0.15, 0.2) is 11.1 Å². The summed E-state index contributed by atoms with van der Waals surface area (Å²) in [6.45, 7) is 0. The number of benzene rings is 5. The molecular weight excluding hydrogens is 563 g/mol. The van der Waals surface area contributed by atoms with Crippen molar-refractivity contribution in [1.82, 2.24) is 20.2 Å². The molecule has 0 aliphatic carbocycles. The molecule has 6 aromatic rings. The van der Waals surface area contributed by atoms with E-state index in [1.165, 1.54) is 0 Å². The third-order valence-electron chi connectivity index (χ3n) is 7.38. The second-order valence-corrected chi connectivity index (χ2v) is 14.9. The molecule has 1 heterocycles. The van der Waals surface area contributed by atoms with Gasteiger partial charge in [-0.25, -0.2) is 0 Å². The standard InChI is InChI=1S/C33H27N4O3PS/c38-42(39,40)31(26-16-6-1-7-17-26)33(37-32(34-35-36-37)27-18-8-2-9-19-27)41(28-20-10-3-11-21-28,29-22-12-4-13-23-29)30-24-14-5-15-25-30/h1-25,31,33H/p+1/t31-,33+/m1/s1. The minimum Gasteiger partial charge on any atom is -0.285 e. The quantitative estimate of drug-likeness (QED) is 0.177. The zero-order valence-corrected chi connectivity index (χ0v) is 24.2. The monoisotopic (exact) mass is 591 g/mol. The summed E-state index contributed by atoms with van der Waals surface area (Å²) in [5, 5.41) is 14.3. The number of nitrogens with zero attached hydrogens (tertiary/aromatic N) is 4. The lowest BCUT2D eigenvalue weighted by Crippen LogP contribution is -2.41. The Labute approximate surface area is 245 Å². The number of aromatic nitrogens is 4. The summed E-state index contributed by atoms with van der Waals surface area (Å²) in [6.07, 6.45) is 0. The Kier molecular flexibility index (Phi) is 7.76. The Morgan fingerprint density at radius 1 is 0.595 bits per heavy atom. The van der Waals surface area contributed by atoms with E-state index >= 15 is 0 Å². The van der Waals surface area contributed by atoms with E-state index in [-0.39, 0.29) is 0 Å². The number of hydrogen-bond donors (Lipinski definition) is 1. The van der Waals surface area contributed by atoms with Crippen LogP contribution in [0.15, 0.2) is 152 Å². The van der Waals surface area contributed by atoms with E-state index in [1.54, 1.807) is 28.9 Å². The van der Waals surface area contributed by atoms with Crippen molar-refractivity contribution in [1.29, 1.82) is 0 Å². The lowest BCUT2D eigenvalue weighted by atomic mass is 10.1. The van der Waals surface area contributed by atoms with Crippen LogP contribution in [0.1, 0.15) is 16.6 Å². The first kappa shape index (κ1) is 27.7. The maximum absolute atomic E-state index is 13.7. The van der Waals surface area contributed by atoms with E-state index in [9.17, 15) is 13.0 Å². The first-order valence-corrected chi connectivity index (χ1v) is 16.8. The van der Waals surface area contributed by atoms with Crippen LogP contribution in [0.4, 0.5) is 0 Å². The van der Waals surface area contributed by atoms with Crippen LogP contribution in [0.2, 0.25) is 0 Å². The van der Waals surface area contributed by atoms with E-state index in [2.05, 4.69) is 15.5 Å². The van der Waals surface area contributed by atoms with Crippen LogP contribution in [0.3, 0.4) is 0 Å². The first-order valence-electron chi connectivity index (χ1n) is 13.4. The van der Waals surface area contributed by atoms with Gasteiger partial charge in [0.1, 0.15) is 23.2 Å². The number of hydrogen-bond acceptors (Lipinski definition) is 5. The van der Waals surface area contributed by atoms with Crippen LogP contribution in [0, 0.1) is 0 Å². The molecule has 208 valence electrons. The fraction of sp³-hybridized carbons (Fsp3) is 0.0606. The highest BCUT2D eigenvalue weighted by Gasteiger charge is 2.61. The van der Waals surface area contributed by atoms with Crippen LogP contribution in [-0.4, -0.2) is 33.2 Å². The summed E-state index contributed by atoms with van der Waals surface area (Å²) in [5.41, 5.74) is 1.16. The fourth-order valence-corrected chi connectivity index (χ4v) is 12.4. The first-order chi connectivity index (χ1) is 20.5. The second kappa shape index (κ2) is 11.8. The van der Waals surface area contributed by atoms with Crippen molar-refractivity contribution in [2.75, 3.05) is 0 Å². The average Bonchev–Trinajstić information content (AvgIpc) is 3.52. The van der Waals surface area contributed by atoms with Gasteiger partial charge >= 0.3 is 0 Å². The molecule has 0 aliphatic rings. The molecule has 0 bridgehead atoms. The summed E-state index contributed by atoms with van der Waals surface area (Å²) in [5.74, 6) is -0.579. The van der Waals surface area contributed by atoms with Crippen molar-refractivity contribution in [3.63, 3.8) is 0 Å². The predicted molar refractivity (Wildman–Crippen MR) is 168 cm³/mol. The lowest BCUT2D eigenvalue weighted by molar-refractivity contribution is 0.445. The van der Waals surface area contributed by atoms with E-state index in [1.807, 2.05) is 127 Å². The molecule has 0 amide bonds. The molecule has 7 nitrogen and oxygen atoms in total. The van der Waals surface area contributed by atoms with Crippen molar-refractivity contribution in [3.05, 3.63) is 157 Å². The van der Waals surface area contributed by atoms with Crippen molar-refractivity contribution in [2.24, 2.45) is 0 Å². The minimum atomic E-state index is -4.74. The molecular formula is C33H28N4O3PS+. The van der Waals surface area contributed by atoms with Crippen molar-refractivity contribution in [2.45, 2.75) is 11.0 Å². The third kappa shape index (κ3) is 5.05. The molecule has 1 N–H and O–H groups in total. The molecule has 0 spiro atoms. The maximum Gasteiger partial charge on any atom is 0.278 e. The largest absolute Gasteiger partial charge is 0.285 e. The SMILES string of the molecule is O=S(=O)(O)[C@H](c1ccccc1)[C@@H](n1nnnc1-c1ccccc1)[P+](c1ccccc1)(c1ccccc1)c1ccccc1. The van der Waals surface area contributed by atoms with Gasteiger partial charge in [-0.1, -0.05) is 115 Å². The van der Waals surface area contributed by atoms with Crippen LogP contribution in [0.5, 0.6) is 0 Å². The zero-order chi connectivity index (χ0) is 29.0. The summed E-state index contributed by atoms with van der Waals surface area (Å²) in [7, 11) is -7.77. The van der Waals surface area contributed by atoms with Crippen molar-refractivity contribution >= 4 is 33.3 Å². The molecule has 0 aliphatic heterocycles. The maximum atomic E-state index is 13.7. The average molecular weight is 592 g/mol. The Morgan fingerprint density at radius 3 is 1.43 bits per heavy atom. The molecule has 0 unspecified atom stereocenters. The van der Waals surface area contributed by atoms with Gasteiger partial charge in [0.2, 0.25) is 5.78 Å². The van der Waals surface area contributed by atoms with Crippen molar-refractivity contribution < 1.29 is 13.0 Å². The van der Waals surface area contributed by atoms with Gasteiger partial charge in [-0.3, -0.25) is 4.55 Å². The van der Waals surface area contributed by atoms with Gasteiger partial charge in [-0.15, -0.1) is 5.10 Å². The number of rotatable bonds is 9. The predicted octanol–water partition coefficient (Wildman–Crippen LogP) is 5.46. The molecule has 1 aromatic heterocycles. The molecule has 0 fully saturated rings. The van der Waals surface area contributed by atoms with Crippen LogP contribution >= 0.6 is 7.26 Å². The fourth-order valence-electron chi connectivity index (χ4n) is 5.68. The summed E-state index contributed by atoms with van der Waals surface area (Å²) in [4.78, 5) is 0. The van der Waals surface area contributed by atoms with Gasteiger partial charge in [-0.05, 0) is 52.4 Å². The molecule has 2 atom stereocenters. The van der Waals surface area contributed by atoms with Gasteiger partial charge in [-0.2, -0.15) is 13.1 Å². The Balaban J connectivity index is 1.82. The summed E-state index contributed by atoms with van der Waals surface area (Å²) < 4.78 is 40.3.